The van der Waals surface area contributed by atoms with Crippen molar-refractivity contribution in [3.8, 4) is 6.07 Å². The summed E-state index contributed by atoms with van der Waals surface area (Å²) in [5, 5.41) is 26.6. The van der Waals surface area contributed by atoms with E-state index in [2.05, 4.69) is 0 Å². The van der Waals surface area contributed by atoms with Gasteiger partial charge >= 0.3 is 11.9 Å². The van der Waals surface area contributed by atoms with Crippen LogP contribution in [0.15, 0.2) is 0 Å². The number of carboxylic acid groups (broad SMARTS) is 2. The van der Waals surface area contributed by atoms with Crippen LogP contribution < -0.4 is 5.73 Å². The van der Waals surface area contributed by atoms with Gasteiger partial charge in [0.2, 0.25) is 0 Å². The predicted molar refractivity (Wildman–Crippen MR) is 56.5 cm³/mol. The van der Waals surface area contributed by atoms with Gasteiger partial charge in [0.15, 0.2) is 0 Å². The molecule has 16 heavy (non-hydrogen) atoms. The molecule has 0 amide bonds. The van der Waals surface area contributed by atoms with Crippen LogP contribution in [0.5, 0.6) is 0 Å². The molecule has 0 spiro atoms. The lowest BCUT2D eigenvalue weighted by Gasteiger charge is -2.05. The van der Waals surface area contributed by atoms with Crippen molar-refractivity contribution in [1.82, 2.24) is 0 Å². The zero-order valence-electron chi connectivity index (χ0n) is 8.22. The fraction of sp³-hybridized carbons (Fsp3) is 0.222. The number of carbonyl (C=O) groups is 2. The molecule has 0 aromatic carbocycles. The summed E-state index contributed by atoms with van der Waals surface area (Å²) in [5.74, 6) is -3.55. The number of nitrogens with two attached hydrogens (primary N) is 1. The maximum Gasteiger partial charge on any atom is 0.346 e. The van der Waals surface area contributed by atoms with E-state index in [0.29, 0.717) is 11.3 Å². The lowest BCUT2D eigenvalue weighted by atomic mass is 9.97. The van der Waals surface area contributed by atoms with Gasteiger partial charge in [-0.05, 0) is 6.92 Å². The Bertz CT molecular complexity index is 500. The number of aliphatic carboxylic acids is 1. The molecule has 0 saturated heterocycles. The van der Waals surface area contributed by atoms with Crippen molar-refractivity contribution < 1.29 is 19.8 Å². The van der Waals surface area contributed by atoms with Crippen LogP contribution in [0.1, 0.15) is 33.6 Å². The quantitative estimate of drug-likeness (QED) is 0.726. The van der Waals surface area contributed by atoms with Crippen molar-refractivity contribution in [2.75, 3.05) is 5.73 Å². The minimum absolute atomic E-state index is 0.0231. The van der Waals surface area contributed by atoms with Crippen molar-refractivity contribution in [3.63, 3.8) is 0 Å². The Hall–Kier alpha value is -2.07. The third kappa shape index (κ3) is 1.83. The Kier molecular flexibility index (Phi) is 3.15. The van der Waals surface area contributed by atoms with E-state index in [0.717, 1.165) is 0 Å². The minimum Gasteiger partial charge on any atom is -0.481 e. The minimum atomic E-state index is -1.28. The summed E-state index contributed by atoms with van der Waals surface area (Å²) in [4.78, 5) is 21.5. The highest BCUT2D eigenvalue weighted by Gasteiger charge is 2.28. The molecule has 1 rings (SSSR count). The molecule has 0 radical (unpaired) electrons. The number of nitrogens with zero attached hydrogens (tertiary/aromatic N) is 1. The molecular formula is C9H8N2O4S. The van der Waals surface area contributed by atoms with Crippen LogP contribution in [0, 0.1) is 11.3 Å². The van der Waals surface area contributed by atoms with Gasteiger partial charge in [0.05, 0.1) is 11.5 Å². The van der Waals surface area contributed by atoms with Crippen LogP contribution in [0.2, 0.25) is 0 Å². The molecule has 0 fully saturated rings. The number of aromatic carboxylic acids is 1. The van der Waals surface area contributed by atoms with Crippen molar-refractivity contribution >= 4 is 28.3 Å². The topological polar surface area (TPSA) is 124 Å². The molecule has 1 aromatic rings. The highest BCUT2D eigenvalue weighted by atomic mass is 32.1. The van der Waals surface area contributed by atoms with E-state index in [9.17, 15) is 9.59 Å². The average molecular weight is 240 g/mol. The number of hydrogen-bond donors (Lipinski definition) is 3. The van der Waals surface area contributed by atoms with Crippen molar-refractivity contribution in [2.24, 2.45) is 0 Å². The molecule has 1 heterocycles. The van der Waals surface area contributed by atoms with Gasteiger partial charge in [-0.3, -0.25) is 4.79 Å². The lowest BCUT2D eigenvalue weighted by molar-refractivity contribution is -0.138. The van der Waals surface area contributed by atoms with Gasteiger partial charge in [0, 0.05) is 5.56 Å². The molecule has 0 aliphatic carbocycles. The molecule has 1 aromatic heterocycles. The number of rotatable bonds is 3. The number of carboxylic acids is 2. The second-order valence-corrected chi connectivity index (χ2v) is 4.11. The van der Waals surface area contributed by atoms with Crippen LogP contribution >= 0.6 is 11.3 Å². The summed E-state index contributed by atoms with van der Waals surface area (Å²) < 4.78 is 0. The molecule has 4 N–H and O–H groups in total. The summed E-state index contributed by atoms with van der Waals surface area (Å²) in [6, 6.07) is 1.73. The highest BCUT2D eigenvalue weighted by Crippen LogP contribution is 2.35. The first kappa shape index (κ1) is 12.0. The van der Waals surface area contributed by atoms with Crippen LogP contribution in [-0.4, -0.2) is 22.2 Å². The first-order valence-corrected chi connectivity index (χ1v) is 5.00. The van der Waals surface area contributed by atoms with Gasteiger partial charge in [0.1, 0.15) is 15.9 Å². The maximum absolute atomic E-state index is 10.9. The summed E-state index contributed by atoms with van der Waals surface area (Å²) in [5.41, 5.74) is 5.39. The van der Waals surface area contributed by atoms with Gasteiger partial charge < -0.3 is 15.9 Å². The number of nitrogen functional groups attached to an aromatic ring is 1. The highest BCUT2D eigenvalue weighted by molar-refractivity contribution is 7.18. The number of anilines is 1. The molecular weight excluding hydrogens is 232 g/mol. The van der Waals surface area contributed by atoms with Gasteiger partial charge in [-0.2, -0.15) is 5.26 Å². The standard InChI is InChI=1S/C9H8N2O4S/c1-3(8(12)13)5-4(2-10)7(11)16-6(5)9(14)15/h3H,11H2,1H3,(H,12,13)(H,14,15). The van der Waals surface area contributed by atoms with Crippen LogP contribution in [-0.2, 0) is 4.79 Å². The Morgan fingerprint density at radius 2 is 2.06 bits per heavy atom. The van der Waals surface area contributed by atoms with Crippen molar-refractivity contribution in [1.29, 1.82) is 5.26 Å². The van der Waals surface area contributed by atoms with E-state index in [1.165, 1.54) is 6.92 Å². The molecule has 1 unspecified atom stereocenters. The predicted octanol–water partition coefficient (Wildman–Crippen LogP) is 1.09. The first-order valence-electron chi connectivity index (χ1n) is 4.18. The number of nitriles is 1. The molecule has 84 valence electrons. The smallest absolute Gasteiger partial charge is 0.346 e. The van der Waals surface area contributed by atoms with Gasteiger partial charge in [-0.1, -0.05) is 0 Å². The first-order chi connectivity index (χ1) is 7.40. The average Bonchev–Trinajstić information content (AvgIpc) is 2.53. The number of hydrogen-bond acceptors (Lipinski definition) is 5. The third-order valence-corrected chi connectivity index (χ3v) is 3.10. The molecule has 7 heteroatoms. The second-order valence-electron chi connectivity index (χ2n) is 3.06. The fourth-order valence-electron chi connectivity index (χ4n) is 1.27. The van der Waals surface area contributed by atoms with Gasteiger partial charge in [-0.15, -0.1) is 11.3 Å². The molecule has 0 aliphatic heterocycles. The molecule has 0 bridgehead atoms. The fourth-order valence-corrected chi connectivity index (χ4v) is 2.23. The Morgan fingerprint density at radius 3 is 2.44 bits per heavy atom. The third-order valence-electron chi connectivity index (χ3n) is 2.08. The summed E-state index contributed by atoms with van der Waals surface area (Å²) in [7, 11) is 0. The molecule has 6 nitrogen and oxygen atoms in total. The maximum atomic E-state index is 10.9. The Labute approximate surface area is 94.5 Å². The van der Waals surface area contributed by atoms with Gasteiger partial charge in [0.25, 0.3) is 0 Å². The molecule has 0 saturated carbocycles. The van der Waals surface area contributed by atoms with Crippen molar-refractivity contribution in [3.05, 3.63) is 16.0 Å². The monoisotopic (exact) mass is 240 g/mol. The van der Waals surface area contributed by atoms with E-state index < -0.39 is 17.9 Å². The van der Waals surface area contributed by atoms with E-state index in [1.54, 1.807) is 6.07 Å². The molecule has 1 atom stereocenters. The largest absolute Gasteiger partial charge is 0.481 e. The van der Waals surface area contributed by atoms with E-state index >= 15 is 0 Å². The Morgan fingerprint density at radius 1 is 1.50 bits per heavy atom. The zero-order chi connectivity index (χ0) is 12.5. The second kappa shape index (κ2) is 4.20. The van der Waals surface area contributed by atoms with Crippen molar-refractivity contribution in [2.45, 2.75) is 12.8 Å². The summed E-state index contributed by atoms with van der Waals surface area (Å²) in [6.45, 7) is 1.32. The van der Waals surface area contributed by atoms with Gasteiger partial charge in [-0.25, -0.2) is 4.79 Å². The Balaban J connectivity index is 3.50. The summed E-state index contributed by atoms with van der Waals surface area (Å²) >= 11 is 0.712. The molecule has 0 aliphatic rings. The number of thiophene rings is 1. The van der Waals surface area contributed by atoms with E-state index in [1.807, 2.05) is 0 Å². The summed E-state index contributed by atoms with van der Waals surface area (Å²) in [6.07, 6.45) is 0. The normalized spacial score (nSPS) is 11.8. The van der Waals surface area contributed by atoms with E-state index in [-0.39, 0.29) is 21.0 Å². The zero-order valence-corrected chi connectivity index (χ0v) is 9.04. The van der Waals surface area contributed by atoms with Crippen LogP contribution in [0.25, 0.3) is 0 Å². The lowest BCUT2D eigenvalue weighted by Crippen LogP contribution is -2.12. The van der Waals surface area contributed by atoms with E-state index in [4.69, 9.17) is 21.2 Å². The van der Waals surface area contributed by atoms with Crippen LogP contribution in [0.4, 0.5) is 5.00 Å². The van der Waals surface area contributed by atoms with Crippen LogP contribution in [0.3, 0.4) is 0 Å². The SMILES string of the molecule is CC(C(=O)O)c1c(C(=O)O)sc(N)c1C#N.